The van der Waals surface area contributed by atoms with Crippen LogP contribution in [0, 0.1) is 6.92 Å². The number of nitrogens with one attached hydrogen (secondary N) is 1. The van der Waals surface area contributed by atoms with Gasteiger partial charge in [-0.25, -0.2) is 9.97 Å². The van der Waals surface area contributed by atoms with E-state index in [-0.39, 0.29) is 11.9 Å². The largest absolute Gasteiger partial charge is 0.376 e. The molecule has 0 atom stereocenters. The van der Waals surface area contributed by atoms with Gasteiger partial charge in [-0.2, -0.15) is 5.10 Å². The lowest BCUT2D eigenvalue weighted by Crippen LogP contribution is -2.44. The third-order valence-electron chi connectivity index (χ3n) is 5.62. The van der Waals surface area contributed by atoms with Crippen molar-refractivity contribution in [1.82, 2.24) is 30.0 Å². The molecule has 28 heavy (non-hydrogen) atoms. The maximum atomic E-state index is 12.4. The lowest BCUT2D eigenvalue weighted by Gasteiger charge is -2.32. The molecule has 1 saturated heterocycles. The van der Waals surface area contributed by atoms with Gasteiger partial charge in [0.1, 0.15) is 5.82 Å². The van der Waals surface area contributed by atoms with Crippen molar-refractivity contribution in [3.8, 4) is 0 Å². The molecule has 4 rings (SSSR count). The second-order valence-electron chi connectivity index (χ2n) is 7.53. The Balaban J connectivity index is 1.32. The van der Waals surface area contributed by atoms with E-state index in [1.54, 1.807) is 12.4 Å². The van der Waals surface area contributed by atoms with Gasteiger partial charge >= 0.3 is 0 Å². The van der Waals surface area contributed by atoms with Gasteiger partial charge in [0, 0.05) is 62.3 Å². The highest BCUT2D eigenvalue weighted by atomic mass is 16.5. The van der Waals surface area contributed by atoms with Crippen molar-refractivity contribution in [2.45, 2.75) is 58.8 Å². The molecule has 1 amide bonds. The average Bonchev–Trinajstić information content (AvgIpc) is 3.08. The van der Waals surface area contributed by atoms with Gasteiger partial charge in [0.2, 0.25) is 0 Å². The number of carbonyl (C=O) groups excluding carboxylic acids is 1. The summed E-state index contributed by atoms with van der Waals surface area (Å²) in [5.41, 5.74) is 4.29. The van der Waals surface area contributed by atoms with Crippen LogP contribution in [-0.4, -0.2) is 56.3 Å². The molecule has 0 radical (unpaired) electrons. The molecule has 0 saturated carbocycles. The monoisotopic (exact) mass is 384 g/mol. The Hall–Kier alpha value is -2.32. The lowest BCUT2D eigenvalue weighted by molar-refractivity contribution is 0.0905. The molecule has 0 aliphatic carbocycles. The number of piperidine rings is 1. The Kier molecular flexibility index (Phi) is 5.68. The zero-order chi connectivity index (χ0) is 19.5. The van der Waals surface area contributed by atoms with Crippen molar-refractivity contribution < 1.29 is 9.53 Å². The van der Waals surface area contributed by atoms with Crippen molar-refractivity contribution >= 4 is 5.91 Å². The molecule has 0 aromatic carbocycles. The van der Waals surface area contributed by atoms with Gasteiger partial charge in [0.25, 0.3) is 5.91 Å². The fourth-order valence-electron chi connectivity index (χ4n) is 3.99. The summed E-state index contributed by atoms with van der Waals surface area (Å²) >= 11 is 0. The summed E-state index contributed by atoms with van der Waals surface area (Å²) < 4.78 is 7.79. The van der Waals surface area contributed by atoms with E-state index in [9.17, 15) is 4.79 Å². The Morgan fingerprint density at radius 1 is 1.29 bits per heavy atom. The first-order chi connectivity index (χ1) is 13.6. The molecule has 2 aromatic heterocycles. The number of aryl methyl sites for hydroxylation is 2. The molecule has 2 aromatic rings. The van der Waals surface area contributed by atoms with E-state index in [2.05, 4.69) is 31.8 Å². The third-order valence-corrected chi connectivity index (χ3v) is 5.62. The fourth-order valence-corrected chi connectivity index (χ4v) is 3.99. The summed E-state index contributed by atoms with van der Waals surface area (Å²) in [6.45, 7) is 9.06. The van der Waals surface area contributed by atoms with Gasteiger partial charge in [0.05, 0.1) is 24.5 Å². The van der Waals surface area contributed by atoms with E-state index >= 15 is 0 Å². The third kappa shape index (κ3) is 4.07. The first-order valence-corrected chi connectivity index (χ1v) is 10.1. The summed E-state index contributed by atoms with van der Waals surface area (Å²) in [5, 5.41) is 7.95. The minimum absolute atomic E-state index is 0.0913. The smallest absolute Gasteiger partial charge is 0.254 e. The fraction of sp³-hybridized carbons (Fsp3) is 0.600. The van der Waals surface area contributed by atoms with Gasteiger partial charge in [0.15, 0.2) is 0 Å². The molecule has 1 N–H and O–H groups in total. The van der Waals surface area contributed by atoms with Crippen LogP contribution in [0.2, 0.25) is 0 Å². The summed E-state index contributed by atoms with van der Waals surface area (Å²) in [7, 11) is 0. The number of aromatic nitrogens is 4. The van der Waals surface area contributed by atoms with E-state index < -0.39 is 0 Å². The highest BCUT2D eigenvalue weighted by Gasteiger charge is 2.25. The number of hydrogen-bond acceptors (Lipinski definition) is 6. The van der Waals surface area contributed by atoms with Crippen molar-refractivity contribution in [2.24, 2.45) is 0 Å². The number of rotatable bonds is 5. The molecule has 150 valence electrons. The minimum Gasteiger partial charge on any atom is -0.376 e. The Labute approximate surface area is 165 Å². The standard InChI is InChI=1S/C20H28N6O2/c1-3-26-19-6-9-28-13-17(19)18(24-26)12-25-7-4-16(5-8-25)23-20(27)15-10-21-14(2)22-11-15/h10-11,16H,3-9,12-13H2,1-2H3,(H,23,27). The van der Waals surface area contributed by atoms with Crippen LogP contribution in [0.4, 0.5) is 0 Å². The predicted molar refractivity (Wildman–Crippen MR) is 104 cm³/mol. The Morgan fingerprint density at radius 2 is 2.04 bits per heavy atom. The van der Waals surface area contributed by atoms with Crippen LogP contribution in [0.5, 0.6) is 0 Å². The quantitative estimate of drug-likeness (QED) is 0.840. The second kappa shape index (κ2) is 8.36. The predicted octanol–water partition coefficient (Wildman–Crippen LogP) is 1.47. The van der Waals surface area contributed by atoms with E-state index in [4.69, 9.17) is 9.84 Å². The molecule has 0 unspecified atom stereocenters. The van der Waals surface area contributed by atoms with Crippen molar-refractivity contribution in [2.75, 3.05) is 19.7 Å². The number of fused-ring (bicyclic) bond motifs is 1. The SMILES string of the molecule is CCn1nc(CN2CCC(NC(=O)c3cnc(C)nc3)CC2)c2c1CCOC2. The molecule has 2 aliphatic heterocycles. The summed E-state index contributed by atoms with van der Waals surface area (Å²) in [5.74, 6) is 0.578. The number of carbonyl (C=O) groups is 1. The van der Waals surface area contributed by atoms with Gasteiger partial charge in [-0.15, -0.1) is 0 Å². The van der Waals surface area contributed by atoms with E-state index in [1.165, 1.54) is 11.3 Å². The molecule has 2 aliphatic rings. The molecule has 1 fully saturated rings. The highest BCUT2D eigenvalue weighted by molar-refractivity contribution is 5.93. The molecule has 0 bridgehead atoms. The molecule has 8 heteroatoms. The number of amides is 1. The summed E-state index contributed by atoms with van der Waals surface area (Å²) in [6, 6.07) is 0.190. The number of nitrogens with zero attached hydrogens (tertiary/aromatic N) is 5. The summed E-state index contributed by atoms with van der Waals surface area (Å²) in [4.78, 5) is 23.0. The maximum Gasteiger partial charge on any atom is 0.254 e. The highest BCUT2D eigenvalue weighted by Crippen LogP contribution is 2.23. The second-order valence-corrected chi connectivity index (χ2v) is 7.53. The van der Waals surface area contributed by atoms with Gasteiger partial charge < -0.3 is 10.1 Å². The van der Waals surface area contributed by atoms with Gasteiger partial charge in [-0.1, -0.05) is 0 Å². The van der Waals surface area contributed by atoms with Crippen LogP contribution in [0.15, 0.2) is 12.4 Å². The van der Waals surface area contributed by atoms with Crippen LogP contribution in [-0.2, 0) is 30.9 Å². The van der Waals surface area contributed by atoms with E-state index in [1.807, 2.05) is 6.92 Å². The first-order valence-electron chi connectivity index (χ1n) is 10.1. The van der Waals surface area contributed by atoms with Crippen LogP contribution in [0.25, 0.3) is 0 Å². The Morgan fingerprint density at radius 3 is 2.75 bits per heavy atom. The topological polar surface area (TPSA) is 85.2 Å². The van der Waals surface area contributed by atoms with Crippen LogP contribution >= 0.6 is 0 Å². The van der Waals surface area contributed by atoms with E-state index in [0.717, 1.165) is 57.7 Å². The van der Waals surface area contributed by atoms with Gasteiger partial charge in [-0.05, 0) is 26.7 Å². The molecule has 8 nitrogen and oxygen atoms in total. The molecule has 0 spiro atoms. The molecule has 4 heterocycles. The number of hydrogen-bond donors (Lipinski definition) is 1. The van der Waals surface area contributed by atoms with Crippen molar-refractivity contribution in [3.05, 3.63) is 40.7 Å². The van der Waals surface area contributed by atoms with Crippen molar-refractivity contribution in [3.63, 3.8) is 0 Å². The zero-order valence-electron chi connectivity index (χ0n) is 16.6. The van der Waals surface area contributed by atoms with Crippen molar-refractivity contribution in [1.29, 1.82) is 0 Å². The number of ether oxygens (including phenoxy) is 1. The zero-order valence-corrected chi connectivity index (χ0v) is 16.6. The van der Waals surface area contributed by atoms with E-state index in [0.29, 0.717) is 18.0 Å². The van der Waals surface area contributed by atoms with Crippen LogP contribution in [0.3, 0.4) is 0 Å². The number of likely N-dealkylation sites (tertiary alicyclic amines) is 1. The summed E-state index contributed by atoms with van der Waals surface area (Å²) in [6.07, 6.45) is 5.99. The normalized spacial score (nSPS) is 18.1. The van der Waals surface area contributed by atoms with Crippen LogP contribution in [0.1, 0.15) is 52.9 Å². The average molecular weight is 384 g/mol. The lowest BCUT2D eigenvalue weighted by atomic mass is 10.0. The van der Waals surface area contributed by atoms with Crippen LogP contribution < -0.4 is 5.32 Å². The first kappa shape index (κ1) is 19.0. The minimum atomic E-state index is -0.0913. The maximum absolute atomic E-state index is 12.4. The molecular weight excluding hydrogens is 356 g/mol. The Bertz CT molecular complexity index is 824. The van der Waals surface area contributed by atoms with Gasteiger partial charge in [-0.3, -0.25) is 14.4 Å². The molecular formula is C20H28N6O2.